The predicted molar refractivity (Wildman–Crippen MR) is 120 cm³/mol. The molecule has 0 radical (unpaired) electrons. The van der Waals surface area contributed by atoms with Crippen molar-refractivity contribution in [3.05, 3.63) is 53.6 Å². The number of hydrogen-bond acceptors (Lipinski definition) is 6. The van der Waals surface area contributed by atoms with Crippen molar-refractivity contribution in [3.63, 3.8) is 0 Å². The van der Waals surface area contributed by atoms with Crippen molar-refractivity contribution >= 4 is 17.4 Å². The molecule has 3 heterocycles. The second-order valence-electron chi connectivity index (χ2n) is 8.05. The molecule has 1 amide bonds. The van der Waals surface area contributed by atoms with Crippen molar-refractivity contribution in [1.29, 1.82) is 0 Å². The van der Waals surface area contributed by atoms with Gasteiger partial charge in [0.2, 0.25) is 5.91 Å². The zero-order chi connectivity index (χ0) is 22.0. The molecule has 8 heteroatoms. The molecule has 1 aromatic carbocycles. The number of carbonyl (C=O) groups excluding carboxylic acids is 1. The van der Waals surface area contributed by atoms with E-state index in [1.807, 2.05) is 55.8 Å². The third-order valence-corrected chi connectivity index (χ3v) is 5.59. The Morgan fingerprint density at radius 2 is 1.94 bits per heavy atom. The van der Waals surface area contributed by atoms with Gasteiger partial charge in [-0.05, 0) is 57.4 Å². The molecule has 1 N–H and O–H groups in total. The van der Waals surface area contributed by atoms with Crippen LogP contribution >= 0.6 is 0 Å². The molecule has 0 spiro atoms. The Kier molecular flexibility index (Phi) is 5.88. The maximum absolute atomic E-state index is 13.0. The van der Waals surface area contributed by atoms with E-state index in [1.54, 1.807) is 13.4 Å². The van der Waals surface area contributed by atoms with Gasteiger partial charge in [-0.1, -0.05) is 6.07 Å². The lowest BCUT2D eigenvalue weighted by molar-refractivity contribution is -0.120. The van der Waals surface area contributed by atoms with E-state index in [9.17, 15) is 4.79 Å². The van der Waals surface area contributed by atoms with E-state index < -0.39 is 0 Å². The van der Waals surface area contributed by atoms with Crippen LogP contribution in [-0.2, 0) is 4.79 Å². The largest absolute Gasteiger partial charge is 0.495 e. The lowest BCUT2D eigenvalue weighted by Gasteiger charge is -2.33. The molecule has 31 heavy (non-hydrogen) atoms. The minimum atomic E-state index is -0.133. The van der Waals surface area contributed by atoms with Crippen molar-refractivity contribution in [2.75, 3.05) is 30.4 Å². The third kappa shape index (κ3) is 4.52. The highest BCUT2D eigenvalue weighted by Gasteiger charge is 2.27. The van der Waals surface area contributed by atoms with Gasteiger partial charge in [0.05, 0.1) is 24.4 Å². The SMILES string of the molecule is COc1ccc(C)cc1NC(=O)C1CCCN(c2cc(-n3nc(C)cc3C)ncn2)C1. The molecule has 0 bridgehead atoms. The number of ether oxygens (including phenoxy) is 1. The van der Waals surface area contributed by atoms with E-state index in [0.717, 1.165) is 48.0 Å². The summed E-state index contributed by atoms with van der Waals surface area (Å²) in [6.07, 6.45) is 3.32. The van der Waals surface area contributed by atoms with Gasteiger partial charge < -0.3 is 15.0 Å². The summed E-state index contributed by atoms with van der Waals surface area (Å²) in [4.78, 5) is 24.0. The minimum absolute atomic E-state index is 0.00132. The van der Waals surface area contributed by atoms with Gasteiger partial charge in [-0.2, -0.15) is 5.10 Å². The monoisotopic (exact) mass is 420 g/mol. The molecular weight excluding hydrogens is 392 g/mol. The maximum atomic E-state index is 13.0. The Morgan fingerprint density at radius 3 is 2.68 bits per heavy atom. The van der Waals surface area contributed by atoms with E-state index in [0.29, 0.717) is 18.0 Å². The van der Waals surface area contributed by atoms with Crippen molar-refractivity contribution in [2.24, 2.45) is 5.92 Å². The average molecular weight is 421 g/mol. The van der Waals surface area contributed by atoms with Crippen LogP contribution < -0.4 is 15.0 Å². The molecule has 162 valence electrons. The van der Waals surface area contributed by atoms with Crippen molar-refractivity contribution < 1.29 is 9.53 Å². The van der Waals surface area contributed by atoms with Gasteiger partial charge in [0.25, 0.3) is 0 Å². The maximum Gasteiger partial charge on any atom is 0.229 e. The first-order valence-corrected chi connectivity index (χ1v) is 10.5. The number of hydrogen-bond donors (Lipinski definition) is 1. The van der Waals surface area contributed by atoms with Crippen LogP contribution in [0.5, 0.6) is 5.75 Å². The Morgan fingerprint density at radius 1 is 1.13 bits per heavy atom. The number of methoxy groups -OCH3 is 1. The van der Waals surface area contributed by atoms with Crippen molar-refractivity contribution in [1.82, 2.24) is 19.7 Å². The molecule has 1 unspecified atom stereocenters. The molecule has 0 saturated carbocycles. The lowest BCUT2D eigenvalue weighted by Crippen LogP contribution is -2.41. The fourth-order valence-electron chi connectivity index (χ4n) is 4.04. The number of nitrogens with zero attached hydrogens (tertiary/aromatic N) is 5. The van der Waals surface area contributed by atoms with Gasteiger partial charge in [-0.15, -0.1) is 0 Å². The van der Waals surface area contributed by atoms with Crippen molar-refractivity contribution in [2.45, 2.75) is 33.6 Å². The fourth-order valence-corrected chi connectivity index (χ4v) is 4.04. The molecule has 1 aliphatic heterocycles. The van der Waals surface area contributed by atoms with E-state index in [2.05, 4.69) is 25.3 Å². The number of carbonyl (C=O) groups is 1. The second kappa shape index (κ2) is 8.75. The standard InChI is InChI=1S/C23H28N6O2/c1-15-7-8-20(31-4)19(10-15)26-23(30)18-6-5-9-28(13-18)21-12-22(25-14-24-21)29-17(3)11-16(2)27-29/h7-8,10-12,14,18H,5-6,9,13H2,1-4H3,(H,26,30). The first-order chi connectivity index (χ1) is 14.9. The summed E-state index contributed by atoms with van der Waals surface area (Å²) >= 11 is 0. The normalized spacial score (nSPS) is 16.3. The van der Waals surface area contributed by atoms with Crippen LogP contribution in [0.4, 0.5) is 11.5 Å². The number of piperidine rings is 1. The Hall–Kier alpha value is -3.42. The summed E-state index contributed by atoms with van der Waals surface area (Å²) in [5, 5.41) is 7.57. The van der Waals surface area contributed by atoms with Gasteiger partial charge in [0, 0.05) is 24.8 Å². The Bertz CT molecular complexity index is 1090. The molecule has 4 rings (SSSR count). The molecule has 8 nitrogen and oxygen atoms in total. The number of aryl methyl sites for hydroxylation is 3. The second-order valence-corrected chi connectivity index (χ2v) is 8.05. The Labute approximate surface area is 182 Å². The lowest BCUT2D eigenvalue weighted by atomic mass is 9.97. The van der Waals surface area contributed by atoms with E-state index in [1.165, 1.54) is 0 Å². The molecule has 1 aliphatic rings. The quantitative estimate of drug-likeness (QED) is 0.681. The summed E-state index contributed by atoms with van der Waals surface area (Å²) in [5.41, 5.74) is 3.74. The first kappa shape index (κ1) is 20.8. The van der Waals surface area contributed by atoms with Crippen LogP contribution in [0.1, 0.15) is 29.8 Å². The van der Waals surface area contributed by atoms with E-state index in [4.69, 9.17) is 4.74 Å². The highest BCUT2D eigenvalue weighted by atomic mass is 16.5. The van der Waals surface area contributed by atoms with Crippen LogP contribution in [0.15, 0.2) is 36.7 Å². The number of nitrogens with one attached hydrogen (secondary N) is 1. The molecule has 1 fully saturated rings. The molecular formula is C23H28N6O2. The summed E-state index contributed by atoms with van der Waals surface area (Å²) in [6, 6.07) is 9.72. The summed E-state index contributed by atoms with van der Waals surface area (Å²) in [6.45, 7) is 7.41. The molecule has 2 aromatic heterocycles. The molecule has 1 saturated heterocycles. The Balaban J connectivity index is 1.50. The van der Waals surface area contributed by atoms with Gasteiger partial charge in [0.15, 0.2) is 5.82 Å². The third-order valence-electron chi connectivity index (χ3n) is 5.59. The topological polar surface area (TPSA) is 85.2 Å². The highest BCUT2D eigenvalue weighted by molar-refractivity contribution is 5.94. The zero-order valence-corrected chi connectivity index (χ0v) is 18.4. The van der Waals surface area contributed by atoms with Gasteiger partial charge in [-0.3, -0.25) is 4.79 Å². The van der Waals surface area contributed by atoms with Crippen LogP contribution in [-0.4, -0.2) is 45.9 Å². The number of benzene rings is 1. The minimum Gasteiger partial charge on any atom is -0.495 e. The predicted octanol–water partition coefficient (Wildman–Crippen LogP) is 3.45. The summed E-state index contributed by atoms with van der Waals surface area (Å²) < 4.78 is 7.21. The number of amides is 1. The smallest absolute Gasteiger partial charge is 0.229 e. The van der Waals surface area contributed by atoms with E-state index in [-0.39, 0.29) is 11.8 Å². The summed E-state index contributed by atoms with van der Waals surface area (Å²) in [5.74, 6) is 2.07. The van der Waals surface area contributed by atoms with Crippen molar-refractivity contribution in [3.8, 4) is 11.6 Å². The molecule has 3 aromatic rings. The molecule has 0 aliphatic carbocycles. The average Bonchev–Trinajstić information content (AvgIpc) is 3.12. The van der Waals surface area contributed by atoms with Gasteiger partial charge >= 0.3 is 0 Å². The van der Waals surface area contributed by atoms with Crippen LogP contribution in [0.2, 0.25) is 0 Å². The fraction of sp³-hybridized carbons (Fsp3) is 0.391. The van der Waals surface area contributed by atoms with E-state index >= 15 is 0 Å². The van der Waals surface area contributed by atoms with Gasteiger partial charge in [-0.25, -0.2) is 14.6 Å². The number of anilines is 2. The van der Waals surface area contributed by atoms with Crippen LogP contribution in [0, 0.1) is 26.7 Å². The molecule has 1 atom stereocenters. The summed E-state index contributed by atoms with van der Waals surface area (Å²) in [7, 11) is 1.61. The highest BCUT2D eigenvalue weighted by Crippen LogP contribution is 2.28. The first-order valence-electron chi connectivity index (χ1n) is 10.5. The van der Waals surface area contributed by atoms with Gasteiger partial charge in [0.1, 0.15) is 17.9 Å². The van der Waals surface area contributed by atoms with Crippen LogP contribution in [0.25, 0.3) is 5.82 Å². The van der Waals surface area contributed by atoms with Crippen LogP contribution in [0.3, 0.4) is 0 Å². The number of rotatable bonds is 5. The zero-order valence-electron chi connectivity index (χ0n) is 18.4. The number of aromatic nitrogens is 4.